The van der Waals surface area contributed by atoms with Crippen LogP contribution < -0.4 is 10.1 Å². The van der Waals surface area contributed by atoms with Crippen LogP contribution in [-0.4, -0.2) is 18.2 Å². The fourth-order valence-electron chi connectivity index (χ4n) is 1.98. The predicted molar refractivity (Wildman–Crippen MR) is 86.1 cm³/mol. The first-order valence-corrected chi connectivity index (χ1v) is 7.58. The van der Waals surface area contributed by atoms with Gasteiger partial charge in [-0.1, -0.05) is 5.16 Å². The molecule has 0 saturated heterocycles. The molecule has 0 saturated carbocycles. The maximum atomic E-state index is 11.9. The van der Waals surface area contributed by atoms with Gasteiger partial charge in [0.15, 0.2) is 16.2 Å². The van der Waals surface area contributed by atoms with Gasteiger partial charge < -0.3 is 19.0 Å². The molecule has 0 radical (unpaired) electrons. The van der Waals surface area contributed by atoms with Crippen molar-refractivity contribution in [2.45, 2.75) is 6.54 Å². The van der Waals surface area contributed by atoms with E-state index in [2.05, 4.69) is 26.4 Å². The summed E-state index contributed by atoms with van der Waals surface area (Å²) < 4.78 is 16.1. The molecule has 0 bridgehead atoms. The Morgan fingerprint density at radius 2 is 2.04 bits per heavy atom. The van der Waals surface area contributed by atoms with Crippen molar-refractivity contribution in [3.63, 3.8) is 0 Å². The van der Waals surface area contributed by atoms with Crippen molar-refractivity contribution in [3.05, 3.63) is 58.6 Å². The van der Waals surface area contributed by atoms with Gasteiger partial charge >= 0.3 is 0 Å². The van der Waals surface area contributed by atoms with Gasteiger partial charge in [0.2, 0.25) is 0 Å². The van der Waals surface area contributed by atoms with Crippen molar-refractivity contribution >= 4 is 21.8 Å². The number of furan rings is 1. The second-order valence-electron chi connectivity index (χ2n) is 4.70. The fourth-order valence-corrected chi connectivity index (χ4v) is 2.29. The first kappa shape index (κ1) is 15.4. The summed E-state index contributed by atoms with van der Waals surface area (Å²) in [5.74, 6) is 1.31. The van der Waals surface area contributed by atoms with E-state index in [-0.39, 0.29) is 18.2 Å². The molecule has 23 heavy (non-hydrogen) atoms. The third-order valence-electron chi connectivity index (χ3n) is 3.16. The number of carbonyl (C=O) groups excluding carboxylic acids is 1. The zero-order valence-electron chi connectivity index (χ0n) is 12.2. The Labute approximate surface area is 140 Å². The lowest BCUT2D eigenvalue weighted by atomic mass is 10.1. The van der Waals surface area contributed by atoms with Crippen LogP contribution >= 0.6 is 15.9 Å². The number of hydrogen-bond acceptors (Lipinski definition) is 5. The van der Waals surface area contributed by atoms with Crippen molar-refractivity contribution in [2.24, 2.45) is 0 Å². The summed E-state index contributed by atoms with van der Waals surface area (Å²) in [7, 11) is 1.61. The Morgan fingerprint density at radius 1 is 1.26 bits per heavy atom. The third-order valence-corrected chi connectivity index (χ3v) is 3.59. The molecule has 0 spiro atoms. The Hall–Kier alpha value is -2.54. The normalized spacial score (nSPS) is 10.5. The Morgan fingerprint density at radius 3 is 2.70 bits per heavy atom. The standard InChI is InChI=1S/C16H13BrN2O4/c1-21-12-4-2-10(3-5-12)14-8-11(19-23-14)9-18-16(20)13-6-7-15(17)22-13/h2-8H,9H2,1H3,(H,18,20). The molecule has 118 valence electrons. The first-order chi connectivity index (χ1) is 11.2. The number of nitrogens with one attached hydrogen (secondary N) is 1. The molecule has 3 rings (SSSR count). The molecule has 2 heterocycles. The predicted octanol–water partition coefficient (Wildman–Crippen LogP) is 3.64. The summed E-state index contributed by atoms with van der Waals surface area (Å²) in [6, 6.07) is 12.5. The van der Waals surface area contributed by atoms with Crippen LogP contribution in [0, 0.1) is 0 Å². The largest absolute Gasteiger partial charge is 0.497 e. The van der Waals surface area contributed by atoms with Gasteiger partial charge in [0.1, 0.15) is 11.4 Å². The van der Waals surface area contributed by atoms with Crippen molar-refractivity contribution in [1.82, 2.24) is 10.5 Å². The van der Waals surface area contributed by atoms with Crippen LogP contribution in [0.2, 0.25) is 0 Å². The summed E-state index contributed by atoms with van der Waals surface area (Å²) >= 11 is 3.15. The van der Waals surface area contributed by atoms with E-state index >= 15 is 0 Å². The van der Waals surface area contributed by atoms with Crippen molar-refractivity contribution < 1.29 is 18.5 Å². The molecule has 0 aliphatic carbocycles. The number of carbonyl (C=O) groups is 1. The maximum absolute atomic E-state index is 11.9. The van der Waals surface area contributed by atoms with E-state index in [1.54, 1.807) is 25.3 Å². The zero-order chi connectivity index (χ0) is 16.2. The van der Waals surface area contributed by atoms with E-state index in [0.717, 1.165) is 11.3 Å². The van der Waals surface area contributed by atoms with Crippen molar-refractivity contribution in [2.75, 3.05) is 7.11 Å². The average Bonchev–Trinajstić information content (AvgIpc) is 3.22. The highest BCUT2D eigenvalue weighted by atomic mass is 79.9. The van der Waals surface area contributed by atoms with E-state index in [4.69, 9.17) is 13.7 Å². The topological polar surface area (TPSA) is 77.5 Å². The lowest BCUT2D eigenvalue weighted by molar-refractivity contribution is 0.0921. The molecule has 0 atom stereocenters. The summed E-state index contributed by atoms with van der Waals surface area (Å²) in [6.45, 7) is 0.247. The average molecular weight is 377 g/mol. The van der Waals surface area contributed by atoms with E-state index in [1.165, 1.54) is 0 Å². The molecule has 0 unspecified atom stereocenters. The van der Waals surface area contributed by atoms with Crippen LogP contribution in [-0.2, 0) is 6.54 Å². The molecule has 1 amide bonds. The highest BCUT2D eigenvalue weighted by Gasteiger charge is 2.12. The second kappa shape index (κ2) is 6.70. The molecule has 6 nitrogen and oxygen atoms in total. The maximum Gasteiger partial charge on any atom is 0.287 e. The van der Waals surface area contributed by atoms with Gasteiger partial charge in [-0.2, -0.15) is 0 Å². The zero-order valence-corrected chi connectivity index (χ0v) is 13.8. The van der Waals surface area contributed by atoms with Crippen LogP contribution in [0.15, 0.2) is 56.1 Å². The molecule has 0 aliphatic rings. The molecule has 0 aliphatic heterocycles. The van der Waals surface area contributed by atoms with Gasteiger partial charge in [-0.25, -0.2) is 0 Å². The Bertz CT molecular complexity index is 808. The van der Waals surface area contributed by atoms with E-state index in [0.29, 0.717) is 16.1 Å². The monoisotopic (exact) mass is 376 g/mol. The summed E-state index contributed by atoms with van der Waals surface area (Å²) in [5.41, 5.74) is 1.50. The molecule has 2 aromatic heterocycles. The number of hydrogen-bond donors (Lipinski definition) is 1. The van der Waals surface area contributed by atoms with Crippen LogP contribution in [0.4, 0.5) is 0 Å². The number of methoxy groups -OCH3 is 1. The third kappa shape index (κ3) is 3.62. The fraction of sp³-hybridized carbons (Fsp3) is 0.125. The first-order valence-electron chi connectivity index (χ1n) is 6.79. The van der Waals surface area contributed by atoms with E-state index < -0.39 is 0 Å². The minimum atomic E-state index is -0.315. The van der Waals surface area contributed by atoms with E-state index in [9.17, 15) is 4.79 Å². The van der Waals surface area contributed by atoms with Gasteiger partial charge in [-0.15, -0.1) is 0 Å². The van der Waals surface area contributed by atoms with Gasteiger partial charge in [0.25, 0.3) is 5.91 Å². The quantitative estimate of drug-likeness (QED) is 0.735. The van der Waals surface area contributed by atoms with Crippen LogP contribution in [0.1, 0.15) is 16.2 Å². The summed E-state index contributed by atoms with van der Waals surface area (Å²) in [4.78, 5) is 11.9. The Balaban J connectivity index is 1.63. The molecule has 0 fully saturated rings. The Kier molecular flexibility index (Phi) is 4.47. The van der Waals surface area contributed by atoms with Crippen LogP contribution in [0.25, 0.3) is 11.3 Å². The number of halogens is 1. The number of rotatable bonds is 5. The highest BCUT2D eigenvalue weighted by Crippen LogP contribution is 2.23. The highest BCUT2D eigenvalue weighted by molar-refractivity contribution is 9.10. The molecule has 1 aromatic carbocycles. The molecule has 7 heteroatoms. The van der Waals surface area contributed by atoms with Gasteiger partial charge in [-0.05, 0) is 52.3 Å². The molecular formula is C16H13BrN2O4. The summed E-state index contributed by atoms with van der Waals surface area (Å²) in [6.07, 6.45) is 0. The second-order valence-corrected chi connectivity index (χ2v) is 5.48. The number of benzene rings is 1. The summed E-state index contributed by atoms with van der Waals surface area (Å²) in [5, 5.41) is 6.66. The van der Waals surface area contributed by atoms with E-state index in [1.807, 2.05) is 24.3 Å². The van der Waals surface area contributed by atoms with Gasteiger partial charge in [-0.3, -0.25) is 4.79 Å². The number of ether oxygens (including phenoxy) is 1. The lowest BCUT2D eigenvalue weighted by Crippen LogP contribution is -2.22. The van der Waals surface area contributed by atoms with Crippen molar-refractivity contribution in [1.29, 1.82) is 0 Å². The molecule has 1 N–H and O–H groups in total. The van der Waals surface area contributed by atoms with Crippen LogP contribution in [0.3, 0.4) is 0 Å². The minimum Gasteiger partial charge on any atom is -0.497 e. The minimum absolute atomic E-state index is 0.232. The molecule has 3 aromatic rings. The number of aromatic nitrogens is 1. The number of nitrogens with zero attached hydrogens (tertiary/aromatic N) is 1. The van der Waals surface area contributed by atoms with Gasteiger partial charge in [0.05, 0.1) is 13.7 Å². The van der Waals surface area contributed by atoms with Gasteiger partial charge in [0, 0.05) is 11.6 Å². The molecular weight excluding hydrogens is 364 g/mol. The smallest absolute Gasteiger partial charge is 0.287 e. The lowest BCUT2D eigenvalue weighted by Gasteiger charge is -1.99. The number of amides is 1. The van der Waals surface area contributed by atoms with Crippen molar-refractivity contribution in [3.8, 4) is 17.1 Å². The SMILES string of the molecule is COc1ccc(-c2cc(CNC(=O)c3ccc(Br)o3)no2)cc1. The van der Waals surface area contributed by atoms with Crippen LogP contribution in [0.5, 0.6) is 5.75 Å².